The summed E-state index contributed by atoms with van der Waals surface area (Å²) in [7, 11) is 0. The van der Waals surface area contributed by atoms with Crippen LogP contribution in [0.3, 0.4) is 0 Å². The van der Waals surface area contributed by atoms with Crippen molar-refractivity contribution in [1.82, 2.24) is 9.97 Å². The number of hydrogen-bond donors (Lipinski definition) is 0. The van der Waals surface area contributed by atoms with Gasteiger partial charge in [-0.05, 0) is 19.2 Å². The third kappa shape index (κ3) is 2.62. The van der Waals surface area contributed by atoms with Crippen molar-refractivity contribution in [3.63, 3.8) is 0 Å². The zero-order chi connectivity index (χ0) is 8.81. The average molecular weight is 181 g/mol. The first-order chi connectivity index (χ1) is 5.86. The van der Waals surface area contributed by atoms with E-state index in [1.807, 2.05) is 19.2 Å². The first-order valence-electron chi connectivity index (χ1n) is 3.73. The van der Waals surface area contributed by atoms with Crippen molar-refractivity contribution in [3.8, 4) is 0 Å². The van der Waals surface area contributed by atoms with Crippen LogP contribution in [0.15, 0.2) is 22.4 Å². The van der Waals surface area contributed by atoms with Gasteiger partial charge in [-0.2, -0.15) is 0 Å². The van der Waals surface area contributed by atoms with E-state index in [0.717, 1.165) is 17.4 Å². The second-order valence-electron chi connectivity index (χ2n) is 2.10. The van der Waals surface area contributed by atoms with Gasteiger partial charge in [0.25, 0.3) is 0 Å². The largest absolute Gasteiger partial charge is 0.291 e. The van der Waals surface area contributed by atoms with Crippen LogP contribution < -0.4 is 0 Å². The smallest absolute Gasteiger partial charge is 0.187 e. The van der Waals surface area contributed by atoms with E-state index in [1.54, 1.807) is 12.4 Å². The lowest BCUT2D eigenvalue weighted by Gasteiger charge is -1.94. The van der Waals surface area contributed by atoms with Crippen LogP contribution in [0, 0.1) is 0 Å². The molecule has 1 aromatic heterocycles. The monoisotopic (exact) mass is 181 g/mol. The fourth-order valence-corrected chi connectivity index (χ4v) is 1.07. The van der Waals surface area contributed by atoms with E-state index in [0.29, 0.717) is 0 Å². The summed E-state index contributed by atoms with van der Waals surface area (Å²) < 4.78 is 0. The van der Waals surface area contributed by atoms with Gasteiger partial charge < -0.3 is 0 Å². The highest BCUT2D eigenvalue weighted by Gasteiger charge is 1.93. The molecule has 12 heavy (non-hydrogen) atoms. The van der Waals surface area contributed by atoms with Crippen molar-refractivity contribution >= 4 is 18.0 Å². The van der Waals surface area contributed by atoms with Crippen molar-refractivity contribution in [3.05, 3.63) is 18.0 Å². The van der Waals surface area contributed by atoms with Crippen molar-refractivity contribution in [2.24, 2.45) is 4.99 Å². The number of hydrogen-bond acceptors (Lipinski definition) is 4. The Morgan fingerprint density at radius 1 is 1.67 bits per heavy atom. The Hall–Kier alpha value is -0.900. The summed E-state index contributed by atoms with van der Waals surface area (Å²) in [5.41, 5.74) is 0.871. The zero-order valence-corrected chi connectivity index (χ0v) is 8.01. The Balaban J connectivity index is 2.79. The third-order valence-corrected chi connectivity index (χ3v) is 1.81. The lowest BCUT2D eigenvalue weighted by atomic mass is 10.4. The minimum atomic E-state index is 0.787. The van der Waals surface area contributed by atoms with Crippen LogP contribution in [0.2, 0.25) is 0 Å². The summed E-state index contributed by atoms with van der Waals surface area (Å²) in [5, 5.41) is 0.787. The van der Waals surface area contributed by atoms with E-state index in [1.165, 1.54) is 11.8 Å². The average Bonchev–Trinajstić information content (AvgIpc) is 2.15. The molecular weight excluding hydrogens is 170 g/mol. The summed E-state index contributed by atoms with van der Waals surface area (Å²) in [6, 6.07) is 1.85. The second kappa shape index (κ2) is 4.87. The standard InChI is InChI=1S/C8H11N3S/c1-3-9-6-7-4-5-10-8(11-7)12-2/h4-6H,3H2,1-2H3. The molecule has 0 saturated carbocycles. The number of aromatic nitrogens is 2. The normalized spacial score (nSPS) is 10.8. The maximum Gasteiger partial charge on any atom is 0.187 e. The van der Waals surface area contributed by atoms with Crippen LogP contribution in [0.1, 0.15) is 12.6 Å². The summed E-state index contributed by atoms with van der Waals surface area (Å²) in [6.45, 7) is 2.78. The van der Waals surface area contributed by atoms with Crippen LogP contribution in [0.5, 0.6) is 0 Å². The third-order valence-electron chi connectivity index (χ3n) is 1.24. The highest BCUT2D eigenvalue weighted by Crippen LogP contribution is 2.06. The minimum Gasteiger partial charge on any atom is -0.291 e. The molecule has 0 atom stereocenters. The van der Waals surface area contributed by atoms with Crippen molar-refractivity contribution < 1.29 is 0 Å². The fourth-order valence-electron chi connectivity index (χ4n) is 0.709. The van der Waals surface area contributed by atoms with Gasteiger partial charge in [-0.3, -0.25) is 4.99 Å². The molecule has 0 fully saturated rings. The highest BCUT2D eigenvalue weighted by atomic mass is 32.2. The van der Waals surface area contributed by atoms with E-state index in [2.05, 4.69) is 15.0 Å². The predicted molar refractivity (Wildman–Crippen MR) is 51.9 cm³/mol. The van der Waals surface area contributed by atoms with Crippen LogP contribution in [-0.2, 0) is 0 Å². The van der Waals surface area contributed by atoms with E-state index < -0.39 is 0 Å². The van der Waals surface area contributed by atoms with Crippen molar-refractivity contribution in [2.45, 2.75) is 12.1 Å². The molecule has 1 rings (SSSR count). The van der Waals surface area contributed by atoms with Gasteiger partial charge >= 0.3 is 0 Å². The van der Waals surface area contributed by atoms with E-state index >= 15 is 0 Å². The lowest BCUT2D eigenvalue weighted by Crippen LogP contribution is -1.91. The highest BCUT2D eigenvalue weighted by molar-refractivity contribution is 7.98. The fraction of sp³-hybridized carbons (Fsp3) is 0.375. The Kier molecular flexibility index (Phi) is 3.73. The Labute approximate surface area is 76.3 Å². The molecule has 4 heteroatoms. The first-order valence-corrected chi connectivity index (χ1v) is 4.96. The van der Waals surface area contributed by atoms with E-state index in [9.17, 15) is 0 Å². The molecule has 3 nitrogen and oxygen atoms in total. The van der Waals surface area contributed by atoms with E-state index in [-0.39, 0.29) is 0 Å². The van der Waals surface area contributed by atoms with Gasteiger partial charge in [0.2, 0.25) is 0 Å². The summed E-state index contributed by atoms with van der Waals surface area (Å²) in [5.74, 6) is 0. The maximum atomic E-state index is 4.23. The molecule has 0 aliphatic heterocycles. The molecule has 1 aromatic rings. The molecule has 64 valence electrons. The number of nitrogens with zero attached hydrogens (tertiary/aromatic N) is 3. The number of aliphatic imine (C=N–C) groups is 1. The van der Waals surface area contributed by atoms with Crippen LogP contribution in [-0.4, -0.2) is 29.0 Å². The number of thioether (sulfide) groups is 1. The van der Waals surface area contributed by atoms with Gasteiger partial charge in [0.1, 0.15) is 0 Å². The van der Waals surface area contributed by atoms with Crippen molar-refractivity contribution in [1.29, 1.82) is 0 Å². The molecule has 0 N–H and O–H groups in total. The molecule has 0 unspecified atom stereocenters. The first kappa shape index (κ1) is 9.19. The molecule has 1 heterocycles. The Morgan fingerprint density at radius 3 is 3.17 bits per heavy atom. The molecule has 0 aliphatic rings. The Bertz CT molecular complexity index is 273. The molecule has 0 radical (unpaired) electrons. The molecule has 0 aromatic carbocycles. The zero-order valence-electron chi connectivity index (χ0n) is 7.19. The van der Waals surface area contributed by atoms with E-state index in [4.69, 9.17) is 0 Å². The van der Waals surface area contributed by atoms with Gasteiger partial charge in [-0.1, -0.05) is 11.8 Å². The molecule has 0 bridgehead atoms. The van der Waals surface area contributed by atoms with Gasteiger partial charge in [0.05, 0.1) is 5.69 Å². The summed E-state index contributed by atoms with van der Waals surface area (Å²) >= 11 is 1.53. The van der Waals surface area contributed by atoms with Gasteiger partial charge in [0, 0.05) is 19.0 Å². The molecular formula is C8H11N3S. The lowest BCUT2D eigenvalue weighted by molar-refractivity contribution is 0.961. The molecule has 0 amide bonds. The molecule has 0 saturated heterocycles. The summed E-state index contributed by atoms with van der Waals surface area (Å²) in [4.78, 5) is 12.4. The minimum absolute atomic E-state index is 0.787. The van der Waals surface area contributed by atoms with Gasteiger partial charge in [-0.25, -0.2) is 9.97 Å². The topological polar surface area (TPSA) is 38.1 Å². The Morgan fingerprint density at radius 2 is 2.50 bits per heavy atom. The second-order valence-corrected chi connectivity index (χ2v) is 2.87. The van der Waals surface area contributed by atoms with Crippen LogP contribution >= 0.6 is 11.8 Å². The summed E-state index contributed by atoms with van der Waals surface area (Å²) in [6.07, 6.45) is 5.47. The van der Waals surface area contributed by atoms with Gasteiger partial charge in [-0.15, -0.1) is 0 Å². The maximum absolute atomic E-state index is 4.23. The van der Waals surface area contributed by atoms with Gasteiger partial charge in [0.15, 0.2) is 5.16 Å². The quantitative estimate of drug-likeness (QED) is 0.404. The number of rotatable bonds is 3. The molecule has 0 aliphatic carbocycles. The van der Waals surface area contributed by atoms with Crippen LogP contribution in [0.25, 0.3) is 0 Å². The predicted octanol–water partition coefficient (Wildman–Crippen LogP) is 1.64. The SMILES string of the molecule is CCN=Cc1ccnc(SC)n1. The molecule has 0 spiro atoms. The van der Waals surface area contributed by atoms with Crippen LogP contribution in [0.4, 0.5) is 0 Å². The van der Waals surface area contributed by atoms with Crippen molar-refractivity contribution in [2.75, 3.05) is 12.8 Å².